The first-order valence-electron chi connectivity index (χ1n) is 13.5. The monoisotopic (exact) mass is 580 g/mol. The second-order valence-electron chi connectivity index (χ2n) is 10.3. The van der Waals surface area contributed by atoms with Crippen molar-refractivity contribution in [1.29, 1.82) is 42.1 Å². The molecule has 0 radical (unpaired) electrons. The molecule has 8 nitrogen and oxygen atoms in total. The summed E-state index contributed by atoms with van der Waals surface area (Å²) >= 11 is 0. The Hall–Kier alpha value is -7.98. The second-order valence-corrected chi connectivity index (χ2v) is 10.3. The van der Waals surface area contributed by atoms with Gasteiger partial charge in [-0.3, -0.25) is 0 Å². The molecule has 0 fully saturated rings. The molecule has 0 amide bonds. The van der Waals surface area contributed by atoms with E-state index in [2.05, 4.69) is 24.3 Å². The highest BCUT2D eigenvalue weighted by atomic mass is 14.4. The van der Waals surface area contributed by atoms with Crippen molar-refractivity contribution in [2.45, 2.75) is 0 Å². The van der Waals surface area contributed by atoms with Gasteiger partial charge in [-0.2, -0.15) is 42.1 Å². The molecule has 0 aromatic heterocycles. The van der Waals surface area contributed by atoms with Crippen molar-refractivity contribution in [3.8, 4) is 70.8 Å². The largest absolute Gasteiger partial charge is 0.192 e. The lowest BCUT2D eigenvalue weighted by molar-refractivity contribution is 1.43. The summed E-state index contributed by atoms with van der Waals surface area (Å²) in [5, 5.41) is 78.3. The van der Waals surface area contributed by atoms with Crippen molar-refractivity contribution >= 4 is 22.3 Å². The summed E-state index contributed by atoms with van der Waals surface area (Å²) < 4.78 is 0. The van der Waals surface area contributed by atoms with Crippen LogP contribution in [0.15, 0.2) is 83.9 Å². The molecule has 0 saturated carbocycles. The molecule has 0 atom stereocenters. The van der Waals surface area contributed by atoms with Gasteiger partial charge in [-0.25, -0.2) is 0 Å². The highest BCUT2D eigenvalue weighted by Crippen LogP contribution is 2.59. The Bertz CT molecular complexity index is 2280. The van der Waals surface area contributed by atoms with E-state index in [9.17, 15) is 42.1 Å². The van der Waals surface area contributed by atoms with Crippen LogP contribution < -0.4 is 0 Å². The first-order valence-corrected chi connectivity index (χ1v) is 13.5. The Morgan fingerprint density at radius 3 is 0.957 bits per heavy atom. The molecule has 204 valence electrons. The van der Waals surface area contributed by atoms with Crippen LogP contribution in [0.3, 0.4) is 0 Å². The van der Waals surface area contributed by atoms with Crippen LogP contribution in [0.1, 0.15) is 44.5 Å². The number of benzene rings is 4. The highest BCUT2D eigenvalue weighted by Gasteiger charge is 2.40. The van der Waals surface area contributed by atoms with Crippen LogP contribution in [0.2, 0.25) is 0 Å². The standard InChI is InChI=1S/C38H12N8/c39-13-21-5-22(14-40)8-27(7-21)25-1-3-31-33(11-25)35(29(17-43)18-44)38-32-4-2-26(28-9-23(15-41)6-24(10-28)16-42)12-34(32)36(37(31)38)30(19-45)20-46/h1-12H. The molecule has 0 aliphatic heterocycles. The maximum atomic E-state index is 10.1. The third-order valence-corrected chi connectivity index (χ3v) is 7.86. The molecular weight excluding hydrogens is 568 g/mol. The fraction of sp³-hybridized carbons (Fsp3) is 0. The quantitative estimate of drug-likeness (QED) is 0.225. The zero-order chi connectivity index (χ0) is 32.5. The van der Waals surface area contributed by atoms with E-state index in [0.717, 1.165) is 0 Å². The number of nitriles is 8. The van der Waals surface area contributed by atoms with Gasteiger partial charge in [0.15, 0.2) is 0 Å². The summed E-state index contributed by atoms with van der Waals surface area (Å²) in [4.78, 5) is 0. The summed E-state index contributed by atoms with van der Waals surface area (Å²) in [6.07, 6.45) is 0. The number of allylic oxidation sites excluding steroid dienone is 6. The topological polar surface area (TPSA) is 190 Å². The van der Waals surface area contributed by atoms with Crippen LogP contribution in [0, 0.1) is 90.6 Å². The van der Waals surface area contributed by atoms with E-state index in [-0.39, 0.29) is 11.1 Å². The van der Waals surface area contributed by atoms with Gasteiger partial charge in [0.1, 0.15) is 35.4 Å². The van der Waals surface area contributed by atoms with E-state index in [1.54, 1.807) is 60.7 Å². The van der Waals surface area contributed by atoms with E-state index in [0.29, 0.717) is 89.1 Å². The Morgan fingerprint density at radius 1 is 0.348 bits per heavy atom. The molecule has 0 N–H and O–H groups in total. The van der Waals surface area contributed by atoms with E-state index >= 15 is 0 Å². The lowest BCUT2D eigenvalue weighted by Crippen LogP contribution is -1.97. The van der Waals surface area contributed by atoms with Gasteiger partial charge in [0, 0.05) is 22.3 Å². The lowest BCUT2D eigenvalue weighted by atomic mass is 9.86. The van der Waals surface area contributed by atoms with Crippen LogP contribution >= 0.6 is 0 Å². The summed E-state index contributed by atoms with van der Waals surface area (Å²) in [5.41, 5.74) is 7.29. The van der Waals surface area contributed by atoms with Crippen molar-refractivity contribution in [2.75, 3.05) is 0 Å². The predicted molar refractivity (Wildman–Crippen MR) is 166 cm³/mol. The average Bonchev–Trinajstić information content (AvgIpc) is 3.61. The molecule has 0 spiro atoms. The minimum Gasteiger partial charge on any atom is -0.192 e. The third-order valence-electron chi connectivity index (χ3n) is 7.86. The van der Waals surface area contributed by atoms with Crippen LogP contribution in [0.25, 0.3) is 44.5 Å². The van der Waals surface area contributed by atoms with Crippen LogP contribution in [-0.4, -0.2) is 0 Å². The van der Waals surface area contributed by atoms with Crippen LogP contribution in [0.5, 0.6) is 0 Å². The Morgan fingerprint density at radius 2 is 0.674 bits per heavy atom. The van der Waals surface area contributed by atoms with E-state index in [1.807, 2.05) is 24.3 Å². The molecule has 0 bridgehead atoms. The number of fused-ring (bicyclic) bond motifs is 4. The van der Waals surface area contributed by atoms with Gasteiger partial charge in [-0.15, -0.1) is 0 Å². The molecule has 4 aromatic rings. The maximum Gasteiger partial charge on any atom is 0.138 e. The molecule has 0 heterocycles. The van der Waals surface area contributed by atoms with Gasteiger partial charge >= 0.3 is 0 Å². The highest BCUT2D eigenvalue weighted by molar-refractivity contribution is 6.38. The van der Waals surface area contributed by atoms with Crippen molar-refractivity contribution in [1.82, 2.24) is 0 Å². The summed E-state index contributed by atoms with van der Waals surface area (Å²) in [5.74, 6) is 0. The first kappa shape index (κ1) is 28.2. The molecule has 8 heteroatoms. The zero-order valence-electron chi connectivity index (χ0n) is 23.5. The van der Waals surface area contributed by atoms with Crippen LogP contribution in [0.4, 0.5) is 0 Å². The van der Waals surface area contributed by atoms with Crippen molar-refractivity contribution in [3.63, 3.8) is 0 Å². The number of hydrogen-bond donors (Lipinski definition) is 0. The van der Waals surface area contributed by atoms with Gasteiger partial charge in [-0.05, 0) is 93.0 Å². The predicted octanol–water partition coefficient (Wildman–Crippen LogP) is 7.05. The normalized spacial score (nSPS) is 11.6. The van der Waals surface area contributed by atoms with E-state index in [4.69, 9.17) is 0 Å². The van der Waals surface area contributed by atoms with Crippen molar-refractivity contribution < 1.29 is 0 Å². The molecule has 4 aromatic carbocycles. The van der Waals surface area contributed by atoms with Crippen molar-refractivity contribution in [2.24, 2.45) is 0 Å². The van der Waals surface area contributed by atoms with Crippen molar-refractivity contribution in [3.05, 3.63) is 128 Å². The number of nitrogens with zero attached hydrogens (tertiary/aromatic N) is 8. The minimum absolute atomic E-state index is 0.168. The SMILES string of the molecule is N#CC(C#N)=C1C2=C(C(=C(C#N)C#N)c3cc(-c4cc(C#N)cc(C#N)c4)ccc32)c2ccc(-c3cc(C#N)cc(C#N)c3)cc21. The van der Waals surface area contributed by atoms with E-state index < -0.39 is 0 Å². The average molecular weight is 581 g/mol. The Kier molecular flexibility index (Phi) is 6.74. The van der Waals surface area contributed by atoms with Gasteiger partial charge < -0.3 is 0 Å². The molecule has 0 saturated heterocycles. The fourth-order valence-corrected chi connectivity index (χ4v) is 5.99. The lowest BCUT2D eigenvalue weighted by Gasteiger charge is -2.15. The summed E-state index contributed by atoms with van der Waals surface area (Å²) in [6, 6.07) is 36.4. The molecule has 2 aliphatic carbocycles. The summed E-state index contributed by atoms with van der Waals surface area (Å²) in [7, 11) is 0. The minimum atomic E-state index is -0.168. The molecule has 6 rings (SSSR count). The van der Waals surface area contributed by atoms with Gasteiger partial charge in [-0.1, -0.05) is 24.3 Å². The smallest absolute Gasteiger partial charge is 0.138 e. The van der Waals surface area contributed by atoms with Crippen LogP contribution in [-0.2, 0) is 0 Å². The number of hydrogen-bond acceptors (Lipinski definition) is 8. The van der Waals surface area contributed by atoms with E-state index in [1.165, 1.54) is 12.1 Å². The third kappa shape index (κ3) is 4.24. The van der Waals surface area contributed by atoms with Gasteiger partial charge in [0.2, 0.25) is 0 Å². The molecule has 0 unspecified atom stereocenters. The summed E-state index contributed by atoms with van der Waals surface area (Å²) in [6.45, 7) is 0. The Balaban J connectivity index is 1.64. The number of rotatable bonds is 2. The second kappa shape index (κ2) is 11.0. The molecule has 2 aliphatic rings. The van der Waals surface area contributed by atoms with Gasteiger partial charge in [0.25, 0.3) is 0 Å². The Labute approximate surface area is 263 Å². The fourth-order valence-electron chi connectivity index (χ4n) is 5.99. The van der Waals surface area contributed by atoms with Gasteiger partial charge in [0.05, 0.1) is 46.5 Å². The molecular formula is C38H12N8. The molecule has 46 heavy (non-hydrogen) atoms. The zero-order valence-corrected chi connectivity index (χ0v) is 23.5. The maximum absolute atomic E-state index is 10.1. The first-order chi connectivity index (χ1) is 22.4.